The van der Waals surface area contributed by atoms with Crippen molar-refractivity contribution in [1.82, 2.24) is 10.2 Å². The zero-order chi connectivity index (χ0) is 20.4. The summed E-state index contributed by atoms with van der Waals surface area (Å²) in [5.74, 6) is 1.57. The minimum absolute atomic E-state index is 0.0560. The van der Waals surface area contributed by atoms with Crippen LogP contribution in [0.3, 0.4) is 0 Å². The average molecular weight is 418 g/mol. The molecule has 0 amide bonds. The van der Waals surface area contributed by atoms with E-state index in [1.807, 2.05) is 25.1 Å². The van der Waals surface area contributed by atoms with E-state index in [0.717, 1.165) is 27.8 Å². The zero-order valence-corrected chi connectivity index (χ0v) is 16.6. The Kier molecular flexibility index (Phi) is 5.51. The fraction of sp³-hybridized carbons (Fsp3) is 0.238. The van der Waals surface area contributed by atoms with E-state index < -0.39 is 5.82 Å². The van der Waals surface area contributed by atoms with Crippen LogP contribution in [0.25, 0.3) is 22.0 Å². The fourth-order valence-corrected chi connectivity index (χ4v) is 3.43. The van der Waals surface area contributed by atoms with E-state index in [4.69, 9.17) is 26.2 Å². The van der Waals surface area contributed by atoms with Crippen LogP contribution in [-0.2, 0) is 0 Å². The highest BCUT2D eigenvalue weighted by atomic mass is 35.5. The lowest BCUT2D eigenvalue weighted by atomic mass is 10.2. The molecular formula is C21H21ClFN3O3. The Balaban J connectivity index is 1.69. The molecule has 0 saturated carbocycles. The first-order valence-corrected chi connectivity index (χ1v) is 9.73. The molecule has 0 bridgehead atoms. The molecule has 8 heteroatoms. The molecular weight excluding hydrogens is 397 g/mol. The van der Waals surface area contributed by atoms with Crippen molar-refractivity contribution in [2.45, 2.75) is 13.3 Å². The molecule has 0 unspecified atom stereocenters. The first-order valence-electron chi connectivity index (χ1n) is 9.36. The summed E-state index contributed by atoms with van der Waals surface area (Å²) >= 11 is 5.88. The van der Waals surface area contributed by atoms with Gasteiger partial charge in [-0.05, 0) is 48.7 Å². The van der Waals surface area contributed by atoms with Gasteiger partial charge >= 0.3 is 0 Å². The van der Waals surface area contributed by atoms with E-state index in [-0.39, 0.29) is 11.6 Å². The van der Waals surface area contributed by atoms with Crippen LogP contribution in [-0.4, -0.2) is 35.1 Å². The van der Waals surface area contributed by atoms with Gasteiger partial charge in [0.05, 0.1) is 23.9 Å². The third kappa shape index (κ3) is 3.83. The summed E-state index contributed by atoms with van der Waals surface area (Å²) in [5, 5.41) is 20.5. The van der Waals surface area contributed by atoms with E-state index in [0.29, 0.717) is 36.8 Å². The highest BCUT2D eigenvalue weighted by molar-refractivity contribution is 6.31. The first kappa shape index (κ1) is 19.4. The molecule has 1 heterocycles. The number of aliphatic hydroxyl groups is 1. The van der Waals surface area contributed by atoms with Gasteiger partial charge in [-0.25, -0.2) is 4.39 Å². The number of aromatic amines is 2. The Bertz CT molecular complexity index is 1110. The van der Waals surface area contributed by atoms with Gasteiger partial charge in [-0.1, -0.05) is 11.6 Å². The smallest absolute Gasteiger partial charge is 0.161 e. The Morgan fingerprint density at radius 1 is 1.10 bits per heavy atom. The summed E-state index contributed by atoms with van der Waals surface area (Å²) in [7, 11) is 0. The van der Waals surface area contributed by atoms with Crippen LogP contribution in [0.15, 0.2) is 36.4 Å². The number of anilines is 2. The van der Waals surface area contributed by atoms with Gasteiger partial charge in [-0.3, -0.25) is 10.2 Å². The van der Waals surface area contributed by atoms with Crippen molar-refractivity contribution >= 4 is 33.9 Å². The second-order valence-corrected chi connectivity index (χ2v) is 6.96. The normalized spacial score (nSPS) is 11.3. The van der Waals surface area contributed by atoms with Gasteiger partial charge in [-0.15, -0.1) is 0 Å². The third-order valence-electron chi connectivity index (χ3n) is 4.59. The van der Waals surface area contributed by atoms with Gasteiger partial charge in [0.2, 0.25) is 0 Å². The van der Waals surface area contributed by atoms with Gasteiger partial charge < -0.3 is 19.9 Å². The Morgan fingerprint density at radius 3 is 2.69 bits per heavy atom. The van der Waals surface area contributed by atoms with Crippen LogP contribution >= 0.6 is 11.6 Å². The fourth-order valence-electron chi connectivity index (χ4n) is 3.25. The van der Waals surface area contributed by atoms with Crippen molar-refractivity contribution in [2.24, 2.45) is 0 Å². The van der Waals surface area contributed by atoms with E-state index in [2.05, 4.69) is 15.5 Å². The standard InChI is InChI=1S/C21H21ClFN3O3/c1-2-28-18-9-12-8-15-20(14(12)11-19(18)29-7-3-6-27)25-26-21(15)24-13-4-5-17(23)16(22)10-13/h4-5,8-11,24-27H,2-3,6-7H2,1H3. The van der Waals surface area contributed by atoms with E-state index in [1.165, 1.54) is 12.1 Å². The number of aliphatic hydroxyl groups excluding tert-OH is 1. The summed E-state index contributed by atoms with van der Waals surface area (Å²) in [6.45, 7) is 2.91. The number of aromatic nitrogens is 2. The molecule has 1 aliphatic carbocycles. The van der Waals surface area contributed by atoms with Crippen molar-refractivity contribution in [2.75, 3.05) is 25.1 Å². The van der Waals surface area contributed by atoms with Crippen LogP contribution in [0.5, 0.6) is 11.5 Å². The number of nitrogens with one attached hydrogen (secondary N) is 3. The maximum absolute atomic E-state index is 13.4. The number of hydrogen-bond acceptors (Lipinski definition) is 4. The van der Waals surface area contributed by atoms with Crippen molar-refractivity contribution in [3.8, 4) is 22.8 Å². The molecule has 2 aliphatic rings. The minimum atomic E-state index is -0.461. The zero-order valence-electron chi connectivity index (χ0n) is 15.8. The summed E-state index contributed by atoms with van der Waals surface area (Å²) < 4.78 is 24.9. The van der Waals surface area contributed by atoms with Crippen LogP contribution in [0.4, 0.5) is 15.9 Å². The van der Waals surface area contributed by atoms with Crippen molar-refractivity contribution < 1.29 is 19.0 Å². The quantitative estimate of drug-likeness (QED) is 0.293. The van der Waals surface area contributed by atoms with Crippen LogP contribution < -0.4 is 14.8 Å². The number of rotatable bonds is 8. The predicted octanol–water partition coefficient (Wildman–Crippen LogP) is 5.30. The second kappa shape index (κ2) is 8.23. The van der Waals surface area contributed by atoms with Crippen molar-refractivity contribution in [1.29, 1.82) is 0 Å². The van der Waals surface area contributed by atoms with Crippen LogP contribution in [0.1, 0.15) is 13.3 Å². The second-order valence-electron chi connectivity index (χ2n) is 6.56. The lowest BCUT2D eigenvalue weighted by Crippen LogP contribution is -2.02. The molecule has 2 aromatic carbocycles. The molecule has 0 saturated heterocycles. The lowest BCUT2D eigenvalue weighted by molar-refractivity contribution is 0.225. The molecule has 2 aromatic rings. The molecule has 0 spiro atoms. The summed E-state index contributed by atoms with van der Waals surface area (Å²) in [6.07, 6.45) is 0.546. The molecule has 1 aliphatic heterocycles. The van der Waals surface area contributed by atoms with E-state index in [1.54, 1.807) is 6.07 Å². The number of fused-ring (bicyclic) bond motifs is 3. The Hall–Kier alpha value is -2.90. The maximum atomic E-state index is 13.4. The van der Waals surface area contributed by atoms with E-state index in [9.17, 15) is 4.39 Å². The average Bonchev–Trinajstić information content (AvgIpc) is 3.25. The van der Waals surface area contributed by atoms with E-state index >= 15 is 0 Å². The Morgan fingerprint density at radius 2 is 1.93 bits per heavy atom. The van der Waals surface area contributed by atoms with Crippen LogP contribution in [0, 0.1) is 5.82 Å². The maximum Gasteiger partial charge on any atom is 0.161 e. The molecule has 0 fully saturated rings. The SMILES string of the molecule is CCOc1cc2cc3c(Nc4ccc(F)c(Cl)c4)[nH][nH]c-3c2cc1OCCCO. The van der Waals surface area contributed by atoms with Gasteiger partial charge in [0, 0.05) is 29.7 Å². The number of benzene rings is 2. The van der Waals surface area contributed by atoms with Gasteiger partial charge in [0.1, 0.15) is 11.6 Å². The minimum Gasteiger partial charge on any atom is -0.490 e. The number of hydrogen-bond donors (Lipinski definition) is 4. The predicted molar refractivity (Wildman–Crippen MR) is 112 cm³/mol. The highest BCUT2D eigenvalue weighted by Crippen LogP contribution is 2.43. The van der Waals surface area contributed by atoms with Crippen molar-refractivity contribution in [3.63, 3.8) is 0 Å². The largest absolute Gasteiger partial charge is 0.490 e. The lowest BCUT2D eigenvalue weighted by Gasteiger charge is -2.12. The van der Waals surface area contributed by atoms with Gasteiger partial charge in [0.15, 0.2) is 11.5 Å². The van der Waals surface area contributed by atoms with Crippen LogP contribution in [0.2, 0.25) is 5.02 Å². The molecule has 0 aromatic heterocycles. The molecule has 0 atom stereocenters. The topological polar surface area (TPSA) is 82.3 Å². The van der Waals surface area contributed by atoms with Crippen molar-refractivity contribution in [3.05, 3.63) is 47.2 Å². The summed E-state index contributed by atoms with van der Waals surface area (Å²) in [6, 6.07) is 10.4. The first-order chi connectivity index (χ1) is 14.1. The van der Waals surface area contributed by atoms with Gasteiger partial charge in [0.25, 0.3) is 0 Å². The van der Waals surface area contributed by atoms with Gasteiger partial charge in [-0.2, -0.15) is 0 Å². The number of halogens is 2. The monoisotopic (exact) mass is 417 g/mol. The molecule has 0 radical (unpaired) electrons. The molecule has 29 heavy (non-hydrogen) atoms. The summed E-state index contributed by atoms with van der Waals surface area (Å²) in [5.41, 5.74) is 2.52. The molecule has 4 N–H and O–H groups in total. The Labute approximate surface area is 171 Å². The highest BCUT2D eigenvalue weighted by Gasteiger charge is 2.20. The molecule has 152 valence electrons. The third-order valence-corrected chi connectivity index (χ3v) is 4.87. The number of ether oxygens (including phenoxy) is 2. The number of H-pyrrole nitrogens is 2. The summed E-state index contributed by atoms with van der Waals surface area (Å²) in [4.78, 5) is 0. The molecule has 4 rings (SSSR count). The molecule has 6 nitrogen and oxygen atoms in total.